The molecule has 32 heavy (non-hydrogen) atoms. The molecule has 1 amide bonds. The van der Waals surface area contributed by atoms with Crippen LogP contribution in [-0.4, -0.2) is 38.4 Å². The number of benzene rings is 2. The predicted molar refractivity (Wildman–Crippen MR) is 123 cm³/mol. The van der Waals surface area contributed by atoms with Crippen LogP contribution in [-0.2, 0) is 13.0 Å². The first kappa shape index (κ1) is 21.6. The third-order valence-corrected chi connectivity index (χ3v) is 5.54. The summed E-state index contributed by atoms with van der Waals surface area (Å²) in [7, 11) is 1.58. The Morgan fingerprint density at radius 1 is 1.16 bits per heavy atom. The van der Waals surface area contributed by atoms with Crippen molar-refractivity contribution in [3.05, 3.63) is 95.3 Å². The van der Waals surface area contributed by atoms with Gasteiger partial charge in [-0.05, 0) is 31.0 Å². The maximum Gasteiger partial charge on any atom is 0.256 e. The number of imidazole rings is 1. The molecule has 0 unspecified atom stereocenters. The Morgan fingerprint density at radius 3 is 2.62 bits per heavy atom. The van der Waals surface area contributed by atoms with Gasteiger partial charge in [0.15, 0.2) is 0 Å². The van der Waals surface area contributed by atoms with Crippen LogP contribution in [0.1, 0.15) is 21.6 Å². The number of hydrogen-bond donors (Lipinski definition) is 1. The van der Waals surface area contributed by atoms with E-state index in [-0.39, 0.29) is 17.1 Å². The lowest BCUT2D eigenvalue weighted by Crippen LogP contribution is -2.39. The summed E-state index contributed by atoms with van der Waals surface area (Å²) in [6, 6.07) is 17.3. The van der Waals surface area contributed by atoms with E-state index in [1.807, 2.05) is 65.4 Å². The van der Waals surface area contributed by atoms with Gasteiger partial charge >= 0.3 is 0 Å². The second-order valence-corrected chi connectivity index (χ2v) is 7.81. The minimum atomic E-state index is -0.269. The van der Waals surface area contributed by atoms with Crippen molar-refractivity contribution in [1.29, 1.82) is 0 Å². The first-order valence-corrected chi connectivity index (χ1v) is 10.6. The van der Waals surface area contributed by atoms with Crippen LogP contribution in [0, 0.1) is 6.92 Å². The fourth-order valence-corrected chi connectivity index (χ4v) is 4.04. The van der Waals surface area contributed by atoms with Crippen LogP contribution in [0.15, 0.2) is 73.3 Å². The fourth-order valence-electron chi connectivity index (χ4n) is 3.69. The highest BCUT2D eigenvalue weighted by molar-refractivity contribution is 6.33. The highest BCUT2D eigenvalue weighted by Crippen LogP contribution is 2.29. The van der Waals surface area contributed by atoms with Crippen molar-refractivity contribution in [2.75, 3.05) is 7.11 Å². The molecular weight excluding hydrogens is 426 g/mol. The molecule has 0 radical (unpaired) electrons. The lowest BCUT2D eigenvalue weighted by molar-refractivity contribution is 0.0932. The Balaban J connectivity index is 1.61. The maximum atomic E-state index is 13.3. The number of methoxy groups -OCH3 is 1. The molecular formula is C24H24ClN5O2. The number of halogens is 1. The van der Waals surface area contributed by atoms with Gasteiger partial charge in [-0.3, -0.25) is 4.79 Å². The number of carbonyl (C=O) groups excluding carboxylic acids is 1. The molecule has 1 atom stereocenters. The summed E-state index contributed by atoms with van der Waals surface area (Å²) in [5, 5.41) is 7.89. The van der Waals surface area contributed by atoms with Crippen LogP contribution in [0.25, 0.3) is 5.69 Å². The molecule has 8 heteroatoms. The Bertz CT molecular complexity index is 1190. The van der Waals surface area contributed by atoms with Crippen molar-refractivity contribution in [3.63, 3.8) is 0 Å². The lowest BCUT2D eigenvalue weighted by atomic mass is 10.1. The number of aromatic nitrogens is 4. The normalized spacial score (nSPS) is 11.8. The van der Waals surface area contributed by atoms with Crippen molar-refractivity contribution in [3.8, 4) is 11.4 Å². The SMILES string of the molecule is COc1ccccc1-n1nc(C)c(C(=O)N[C@@H](Cc2ccccc2)Cn2ccnc2)c1Cl. The first-order valence-electron chi connectivity index (χ1n) is 10.3. The van der Waals surface area contributed by atoms with E-state index in [1.165, 1.54) is 4.68 Å². The van der Waals surface area contributed by atoms with Gasteiger partial charge in [0.2, 0.25) is 0 Å². The van der Waals surface area contributed by atoms with E-state index >= 15 is 0 Å². The average Bonchev–Trinajstić information content (AvgIpc) is 3.41. The molecule has 2 aromatic carbocycles. The third-order valence-electron chi connectivity index (χ3n) is 5.20. The Labute approximate surface area is 191 Å². The van der Waals surface area contributed by atoms with Crippen molar-refractivity contribution in [1.82, 2.24) is 24.6 Å². The molecule has 0 fully saturated rings. The maximum absolute atomic E-state index is 13.3. The average molecular weight is 450 g/mol. The number of carbonyl (C=O) groups is 1. The van der Waals surface area contributed by atoms with E-state index in [4.69, 9.17) is 16.3 Å². The van der Waals surface area contributed by atoms with Gasteiger partial charge in [-0.2, -0.15) is 5.10 Å². The molecule has 0 aliphatic carbocycles. The number of aryl methyl sites for hydroxylation is 1. The Morgan fingerprint density at radius 2 is 1.91 bits per heavy atom. The van der Waals surface area contributed by atoms with Gasteiger partial charge in [-0.1, -0.05) is 54.1 Å². The van der Waals surface area contributed by atoms with Gasteiger partial charge in [-0.25, -0.2) is 9.67 Å². The Hall–Kier alpha value is -3.58. The zero-order chi connectivity index (χ0) is 22.5. The monoisotopic (exact) mass is 449 g/mol. The van der Waals surface area contributed by atoms with E-state index in [9.17, 15) is 4.79 Å². The molecule has 164 valence electrons. The second-order valence-electron chi connectivity index (χ2n) is 7.45. The Kier molecular flexibility index (Phi) is 6.56. The molecule has 2 heterocycles. The van der Waals surface area contributed by atoms with Gasteiger partial charge in [-0.15, -0.1) is 0 Å². The largest absolute Gasteiger partial charge is 0.494 e. The van der Waals surface area contributed by atoms with Crippen LogP contribution in [0.3, 0.4) is 0 Å². The molecule has 2 aromatic heterocycles. The first-order chi connectivity index (χ1) is 15.6. The van der Waals surface area contributed by atoms with E-state index in [2.05, 4.69) is 15.4 Å². The van der Waals surface area contributed by atoms with Crippen molar-refractivity contribution < 1.29 is 9.53 Å². The van der Waals surface area contributed by atoms with Gasteiger partial charge in [0.05, 0.1) is 30.7 Å². The van der Waals surface area contributed by atoms with Crippen molar-refractivity contribution in [2.24, 2.45) is 0 Å². The van der Waals surface area contributed by atoms with Gasteiger partial charge < -0.3 is 14.6 Å². The molecule has 7 nitrogen and oxygen atoms in total. The standard InChI is InChI=1S/C24H24ClN5O2/c1-17-22(23(25)30(28-17)20-10-6-7-11-21(20)32-2)24(31)27-19(15-29-13-12-26-16-29)14-18-8-4-3-5-9-18/h3-13,16,19H,14-15H2,1-2H3,(H,27,31)/t19-/m0/s1. The van der Waals surface area contributed by atoms with Crippen molar-refractivity contribution >= 4 is 17.5 Å². The third kappa shape index (κ3) is 4.68. The van der Waals surface area contributed by atoms with E-state index in [0.29, 0.717) is 35.7 Å². The zero-order valence-electron chi connectivity index (χ0n) is 17.9. The fraction of sp³-hybridized carbons (Fsp3) is 0.208. The zero-order valence-corrected chi connectivity index (χ0v) is 18.7. The number of para-hydroxylation sites is 2. The summed E-state index contributed by atoms with van der Waals surface area (Å²) in [5.74, 6) is 0.348. The number of rotatable bonds is 8. The van der Waals surface area contributed by atoms with Crippen LogP contribution in [0.5, 0.6) is 5.75 Å². The lowest BCUT2D eigenvalue weighted by Gasteiger charge is -2.19. The van der Waals surface area contributed by atoms with E-state index in [1.54, 1.807) is 26.6 Å². The molecule has 0 aliphatic heterocycles. The van der Waals surface area contributed by atoms with Crippen molar-refractivity contribution in [2.45, 2.75) is 25.9 Å². The quantitative estimate of drug-likeness (QED) is 0.440. The molecule has 0 saturated heterocycles. The predicted octanol–water partition coefficient (Wildman–Crippen LogP) is 4.08. The smallest absolute Gasteiger partial charge is 0.256 e. The summed E-state index contributed by atoms with van der Waals surface area (Å²) in [6.07, 6.45) is 6.01. The molecule has 0 bridgehead atoms. The molecule has 4 rings (SSSR count). The number of nitrogens with zero attached hydrogens (tertiary/aromatic N) is 4. The molecule has 0 saturated carbocycles. The summed E-state index contributed by atoms with van der Waals surface area (Å²) >= 11 is 6.64. The van der Waals surface area contributed by atoms with Gasteiger partial charge in [0.25, 0.3) is 5.91 Å². The van der Waals surface area contributed by atoms with Gasteiger partial charge in [0.1, 0.15) is 16.6 Å². The highest BCUT2D eigenvalue weighted by atomic mass is 35.5. The molecule has 0 aliphatic rings. The van der Waals surface area contributed by atoms with Crippen LogP contribution in [0.4, 0.5) is 0 Å². The number of nitrogens with one attached hydrogen (secondary N) is 1. The molecule has 1 N–H and O–H groups in total. The summed E-state index contributed by atoms with van der Waals surface area (Å²) in [6.45, 7) is 2.35. The van der Waals surface area contributed by atoms with Crippen LogP contribution < -0.4 is 10.1 Å². The minimum Gasteiger partial charge on any atom is -0.494 e. The molecule has 4 aromatic rings. The molecule has 0 spiro atoms. The van der Waals surface area contributed by atoms with Gasteiger partial charge in [0, 0.05) is 18.9 Å². The van der Waals surface area contributed by atoms with E-state index < -0.39 is 0 Å². The summed E-state index contributed by atoms with van der Waals surface area (Å²) in [4.78, 5) is 17.4. The summed E-state index contributed by atoms with van der Waals surface area (Å²) in [5.41, 5.74) is 2.69. The van der Waals surface area contributed by atoms with Crippen LogP contribution in [0.2, 0.25) is 5.15 Å². The topological polar surface area (TPSA) is 74.0 Å². The highest BCUT2D eigenvalue weighted by Gasteiger charge is 2.24. The summed E-state index contributed by atoms with van der Waals surface area (Å²) < 4.78 is 8.90. The minimum absolute atomic E-state index is 0.163. The van der Waals surface area contributed by atoms with Crippen LogP contribution >= 0.6 is 11.6 Å². The number of amides is 1. The number of hydrogen-bond acceptors (Lipinski definition) is 4. The number of ether oxygens (including phenoxy) is 1. The van der Waals surface area contributed by atoms with E-state index in [0.717, 1.165) is 5.56 Å². The second kappa shape index (κ2) is 9.70.